The molecule has 4 nitrogen and oxygen atoms in total. The molecule has 0 aliphatic heterocycles. The van der Waals surface area contributed by atoms with Crippen LogP contribution >= 0.6 is 11.6 Å². The van der Waals surface area contributed by atoms with Gasteiger partial charge < -0.3 is 10.1 Å². The highest BCUT2D eigenvalue weighted by atomic mass is 35.5. The number of Topliss-reactive ketones (excluding diaryl/α,β-unsaturated/α-hetero) is 1. The molecule has 2 aromatic rings. The van der Waals surface area contributed by atoms with E-state index < -0.39 is 6.10 Å². The summed E-state index contributed by atoms with van der Waals surface area (Å²) >= 11 is 5.87. The molecule has 0 unspecified atom stereocenters. The fourth-order valence-corrected chi connectivity index (χ4v) is 2.01. The lowest BCUT2D eigenvalue weighted by Crippen LogP contribution is -2.30. The van der Waals surface area contributed by atoms with Crippen molar-refractivity contribution in [1.29, 1.82) is 0 Å². The monoisotopic (exact) mass is 317 g/mol. The summed E-state index contributed by atoms with van der Waals surface area (Å²) in [5, 5.41) is 3.28. The van der Waals surface area contributed by atoms with E-state index in [9.17, 15) is 9.59 Å². The molecule has 1 atom stereocenters. The molecular formula is C17H16ClNO3. The van der Waals surface area contributed by atoms with Crippen molar-refractivity contribution in [3.8, 4) is 5.75 Å². The van der Waals surface area contributed by atoms with Crippen LogP contribution in [-0.4, -0.2) is 17.8 Å². The van der Waals surface area contributed by atoms with E-state index in [4.69, 9.17) is 16.3 Å². The van der Waals surface area contributed by atoms with Crippen LogP contribution in [-0.2, 0) is 4.79 Å². The second-order valence-corrected chi connectivity index (χ2v) is 5.28. The fourth-order valence-electron chi connectivity index (χ4n) is 1.83. The Hall–Kier alpha value is -2.33. The molecule has 0 radical (unpaired) electrons. The molecule has 0 spiro atoms. The van der Waals surface area contributed by atoms with Gasteiger partial charge >= 0.3 is 0 Å². The van der Waals surface area contributed by atoms with Crippen molar-refractivity contribution in [3.63, 3.8) is 0 Å². The standard InChI is InChI=1S/C17H16ClNO3/c1-11(20)13-6-8-15(9-7-13)19-17(21)12(2)22-16-5-3-4-14(18)10-16/h3-10,12H,1-2H3,(H,19,21)/t12-/m1/s1. The quantitative estimate of drug-likeness (QED) is 0.850. The molecule has 5 heteroatoms. The minimum Gasteiger partial charge on any atom is -0.481 e. The molecule has 0 fully saturated rings. The molecule has 0 bridgehead atoms. The van der Waals surface area contributed by atoms with Crippen molar-refractivity contribution >= 4 is 29.0 Å². The lowest BCUT2D eigenvalue weighted by Gasteiger charge is -2.15. The topological polar surface area (TPSA) is 55.4 Å². The first-order valence-corrected chi connectivity index (χ1v) is 7.17. The third-order valence-corrected chi connectivity index (χ3v) is 3.27. The molecular weight excluding hydrogens is 302 g/mol. The van der Waals surface area contributed by atoms with Gasteiger partial charge in [0.25, 0.3) is 5.91 Å². The van der Waals surface area contributed by atoms with Crippen molar-refractivity contribution in [2.45, 2.75) is 20.0 Å². The van der Waals surface area contributed by atoms with E-state index in [2.05, 4.69) is 5.32 Å². The Morgan fingerprint density at radius 1 is 1.14 bits per heavy atom. The molecule has 0 heterocycles. The zero-order valence-corrected chi connectivity index (χ0v) is 13.1. The van der Waals surface area contributed by atoms with Gasteiger partial charge in [0.05, 0.1) is 0 Å². The highest BCUT2D eigenvalue weighted by Gasteiger charge is 2.15. The van der Waals surface area contributed by atoms with Crippen LogP contribution in [0.15, 0.2) is 48.5 Å². The molecule has 0 saturated carbocycles. The summed E-state index contributed by atoms with van der Waals surface area (Å²) in [5.74, 6) is 0.230. The number of amides is 1. The largest absolute Gasteiger partial charge is 0.481 e. The van der Waals surface area contributed by atoms with E-state index in [0.717, 1.165) is 0 Å². The Labute approximate surface area is 134 Å². The van der Waals surface area contributed by atoms with E-state index in [1.165, 1.54) is 6.92 Å². The van der Waals surface area contributed by atoms with Crippen LogP contribution in [0, 0.1) is 0 Å². The van der Waals surface area contributed by atoms with Crippen LogP contribution in [0.4, 0.5) is 5.69 Å². The lowest BCUT2D eigenvalue weighted by atomic mass is 10.1. The van der Waals surface area contributed by atoms with Gasteiger partial charge in [-0.3, -0.25) is 9.59 Å². The Morgan fingerprint density at radius 3 is 2.41 bits per heavy atom. The number of hydrogen-bond donors (Lipinski definition) is 1. The lowest BCUT2D eigenvalue weighted by molar-refractivity contribution is -0.122. The maximum Gasteiger partial charge on any atom is 0.265 e. The Morgan fingerprint density at radius 2 is 1.82 bits per heavy atom. The number of carbonyl (C=O) groups excluding carboxylic acids is 2. The van der Waals surface area contributed by atoms with Gasteiger partial charge in [-0.25, -0.2) is 0 Å². The van der Waals surface area contributed by atoms with E-state index in [0.29, 0.717) is 22.0 Å². The van der Waals surface area contributed by atoms with Crippen molar-refractivity contribution in [1.82, 2.24) is 0 Å². The predicted octanol–water partition coefficient (Wildman–Crippen LogP) is 3.95. The molecule has 22 heavy (non-hydrogen) atoms. The van der Waals surface area contributed by atoms with Crippen molar-refractivity contribution < 1.29 is 14.3 Å². The molecule has 1 N–H and O–H groups in total. The third-order valence-electron chi connectivity index (χ3n) is 3.04. The average molecular weight is 318 g/mol. The van der Waals surface area contributed by atoms with Crippen LogP contribution in [0.2, 0.25) is 5.02 Å². The number of nitrogens with one attached hydrogen (secondary N) is 1. The Kier molecular flexibility index (Phi) is 5.17. The number of hydrogen-bond acceptors (Lipinski definition) is 3. The summed E-state index contributed by atoms with van der Waals surface area (Å²) < 4.78 is 5.54. The maximum atomic E-state index is 12.1. The van der Waals surface area contributed by atoms with E-state index in [1.807, 2.05) is 0 Å². The molecule has 2 aromatic carbocycles. The van der Waals surface area contributed by atoms with E-state index >= 15 is 0 Å². The van der Waals surface area contributed by atoms with Crippen molar-refractivity contribution in [2.75, 3.05) is 5.32 Å². The van der Waals surface area contributed by atoms with Crippen molar-refractivity contribution in [2.24, 2.45) is 0 Å². The second kappa shape index (κ2) is 7.09. The van der Waals surface area contributed by atoms with E-state index in [1.54, 1.807) is 55.5 Å². The second-order valence-electron chi connectivity index (χ2n) is 4.84. The number of carbonyl (C=O) groups is 2. The van der Waals surface area contributed by atoms with Gasteiger partial charge in [-0.05, 0) is 56.3 Å². The summed E-state index contributed by atoms with van der Waals surface area (Å²) in [4.78, 5) is 23.3. The van der Waals surface area contributed by atoms with Crippen LogP contribution in [0.3, 0.4) is 0 Å². The smallest absolute Gasteiger partial charge is 0.265 e. The number of halogens is 1. The number of benzene rings is 2. The zero-order valence-electron chi connectivity index (χ0n) is 12.3. The predicted molar refractivity (Wildman–Crippen MR) is 86.6 cm³/mol. The Balaban J connectivity index is 1.97. The summed E-state index contributed by atoms with van der Waals surface area (Å²) in [6, 6.07) is 13.6. The van der Waals surface area contributed by atoms with Crippen LogP contribution in [0.5, 0.6) is 5.75 Å². The van der Waals surface area contributed by atoms with Crippen LogP contribution < -0.4 is 10.1 Å². The summed E-state index contributed by atoms with van der Waals surface area (Å²) in [6.45, 7) is 3.15. The first-order chi connectivity index (χ1) is 10.5. The van der Waals surface area contributed by atoms with Gasteiger partial charge in [-0.2, -0.15) is 0 Å². The Bertz CT molecular complexity index is 683. The van der Waals surface area contributed by atoms with Gasteiger partial charge in [0, 0.05) is 16.3 Å². The first-order valence-electron chi connectivity index (χ1n) is 6.80. The molecule has 1 amide bonds. The molecule has 0 aliphatic rings. The molecule has 0 saturated heterocycles. The van der Waals surface area contributed by atoms with Gasteiger partial charge in [0.2, 0.25) is 0 Å². The van der Waals surface area contributed by atoms with Crippen LogP contribution in [0.1, 0.15) is 24.2 Å². The number of ketones is 1. The highest BCUT2D eigenvalue weighted by molar-refractivity contribution is 6.30. The zero-order chi connectivity index (χ0) is 16.1. The number of ether oxygens (including phenoxy) is 1. The van der Waals surface area contributed by atoms with Crippen molar-refractivity contribution in [3.05, 3.63) is 59.1 Å². The maximum absolute atomic E-state index is 12.1. The average Bonchev–Trinajstić information content (AvgIpc) is 2.47. The normalized spacial score (nSPS) is 11.6. The molecule has 114 valence electrons. The fraction of sp³-hybridized carbons (Fsp3) is 0.176. The minimum absolute atomic E-state index is 0.0180. The highest BCUT2D eigenvalue weighted by Crippen LogP contribution is 2.19. The van der Waals surface area contributed by atoms with Crippen LogP contribution in [0.25, 0.3) is 0 Å². The molecule has 2 rings (SSSR count). The molecule has 0 aliphatic carbocycles. The van der Waals surface area contributed by atoms with Gasteiger partial charge in [-0.15, -0.1) is 0 Å². The molecule has 0 aromatic heterocycles. The SMILES string of the molecule is CC(=O)c1ccc(NC(=O)[C@@H](C)Oc2cccc(Cl)c2)cc1. The van der Waals surface area contributed by atoms with E-state index in [-0.39, 0.29) is 11.7 Å². The van der Waals surface area contributed by atoms with Gasteiger partial charge in [-0.1, -0.05) is 17.7 Å². The number of anilines is 1. The summed E-state index contributed by atoms with van der Waals surface area (Å²) in [5.41, 5.74) is 1.21. The van der Waals surface area contributed by atoms with Gasteiger partial charge in [0.1, 0.15) is 5.75 Å². The first kappa shape index (κ1) is 16.0. The minimum atomic E-state index is -0.675. The van der Waals surface area contributed by atoms with Gasteiger partial charge in [0.15, 0.2) is 11.9 Å². The summed E-state index contributed by atoms with van der Waals surface area (Å²) in [6.07, 6.45) is -0.675. The number of rotatable bonds is 5. The third kappa shape index (κ3) is 4.33. The summed E-state index contributed by atoms with van der Waals surface area (Å²) in [7, 11) is 0.